The average Bonchev–Trinajstić information content (AvgIpc) is 3.48. The molecule has 0 saturated heterocycles. The molecule has 0 bridgehead atoms. The van der Waals surface area contributed by atoms with Crippen LogP contribution < -0.4 is 19.1 Å². The maximum atomic E-state index is 12.6. The average molecular weight is 442 g/mol. The first kappa shape index (κ1) is 20.7. The van der Waals surface area contributed by atoms with Crippen molar-refractivity contribution in [2.24, 2.45) is 0 Å². The number of nitrogens with one attached hydrogen (secondary N) is 1. The van der Waals surface area contributed by atoms with Crippen LogP contribution in [0.25, 0.3) is 5.69 Å². The predicted molar refractivity (Wildman–Crippen MR) is 115 cm³/mol. The van der Waals surface area contributed by atoms with Gasteiger partial charge in [-0.1, -0.05) is 12.1 Å². The molecule has 0 radical (unpaired) electrons. The number of sulfonamides is 1. The van der Waals surface area contributed by atoms with E-state index in [1.54, 1.807) is 30.7 Å². The highest BCUT2D eigenvalue weighted by molar-refractivity contribution is 7.92. The topological polar surface area (TPSA) is 103 Å². The Balaban J connectivity index is 1.43. The molecule has 0 atom stereocenters. The van der Waals surface area contributed by atoms with Gasteiger partial charge in [0.05, 0.1) is 17.8 Å². The molecule has 0 spiro atoms. The van der Waals surface area contributed by atoms with Crippen LogP contribution >= 0.6 is 0 Å². The van der Waals surface area contributed by atoms with Gasteiger partial charge < -0.3 is 19.4 Å². The van der Waals surface area contributed by atoms with E-state index >= 15 is 0 Å². The predicted octanol–water partition coefficient (Wildman–Crippen LogP) is 2.07. The summed E-state index contributed by atoms with van der Waals surface area (Å²) in [5, 5.41) is 2.78. The molecule has 1 aliphatic heterocycles. The lowest BCUT2D eigenvalue weighted by Gasteiger charge is -2.23. The largest absolute Gasteiger partial charge is 0.454 e. The van der Waals surface area contributed by atoms with E-state index in [-0.39, 0.29) is 25.6 Å². The molecular weight excluding hydrogens is 420 g/mol. The van der Waals surface area contributed by atoms with Crippen molar-refractivity contribution in [2.75, 3.05) is 23.4 Å². The minimum atomic E-state index is -3.67. The molecule has 1 amide bonds. The molecule has 0 saturated carbocycles. The first-order valence-corrected chi connectivity index (χ1v) is 11.3. The molecule has 162 valence electrons. The fourth-order valence-corrected chi connectivity index (χ4v) is 4.19. The van der Waals surface area contributed by atoms with Crippen LogP contribution in [0.5, 0.6) is 11.5 Å². The maximum absolute atomic E-state index is 12.6. The Hall–Kier alpha value is -3.53. The number of aromatic nitrogens is 2. The van der Waals surface area contributed by atoms with E-state index in [4.69, 9.17) is 9.47 Å². The summed E-state index contributed by atoms with van der Waals surface area (Å²) in [6.45, 7) is 1.57. The molecule has 1 aromatic heterocycles. The molecule has 2 heterocycles. The number of rotatable bonds is 8. The van der Waals surface area contributed by atoms with Crippen molar-refractivity contribution in [1.82, 2.24) is 14.9 Å². The van der Waals surface area contributed by atoms with E-state index in [9.17, 15) is 13.2 Å². The number of amides is 1. The molecule has 1 aliphatic rings. The Morgan fingerprint density at radius 2 is 1.94 bits per heavy atom. The molecule has 1 N–H and O–H groups in total. The first-order valence-electron chi connectivity index (χ1n) is 9.70. The third kappa shape index (κ3) is 4.64. The zero-order valence-corrected chi connectivity index (χ0v) is 17.7. The lowest BCUT2D eigenvalue weighted by molar-refractivity contribution is -0.119. The minimum absolute atomic E-state index is 0.0828. The quantitative estimate of drug-likeness (QED) is 0.573. The van der Waals surface area contributed by atoms with Crippen LogP contribution in [-0.2, 0) is 21.4 Å². The molecule has 10 heteroatoms. The Morgan fingerprint density at radius 3 is 2.65 bits per heavy atom. The van der Waals surface area contributed by atoms with E-state index in [1.807, 2.05) is 35.0 Å². The molecule has 2 aromatic carbocycles. The summed E-state index contributed by atoms with van der Waals surface area (Å²) in [6, 6.07) is 12.4. The Kier molecular flexibility index (Phi) is 5.81. The van der Waals surface area contributed by atoms with Crippen LogP contribution in [0.4, 0.5) is 5.69 Å². The van der Waals surface area contributed by atoms with E-state index < -0.39 is 15.9 Å². The fraction of sp³-hybridized carbons (Fsp3) is 0.238. The second kappa shape index (κ2) is 8.68. The SMILES string of the molecule is CCS(=O)(=O)N(CC(=O)NCc1ccc(-n2ccnc2)cc1)c1ccc2c(c1)OCO2. The van der Waals surface area contributed by atoms with E-state index in [2.05, 4.69) is 10.3 Å². The van der Waals surface area contributed by atoms with Crippen LogP contribution in [0, 0.1) is 0 Å². The standard InChI is InChI=1S/C21H22N4O5S/c1-2-31(27,28)25(18-7-8-19-20(11-18)30-15-29-19)13-21(26)23-12-16-3-5-17(6-4-16)24-10-9-22-14-24/h3-11,14H,2,12-13,15H2,1H3,(H,23,26). The summed E-state index contributed by atoms with van der Waals surface area (Å²) in [7, 11) is -3.67. The van der Waals surface area contributed by atoms with Gasteiger partial charge in [-0.3, -0.25) is 9.10 Å². The summed E-state index contributed by atoms with van der Waals surface area (Å²) in [4.78, 5) is 16.6. The monoisotopic (exact) mass is 442 g/mol. The van der Waals surface area contributed by atoms with Crippen molar-refractivity contribution in [3.05, 3.63) is 66.7 Å². The summed E-state index contributed by atoms with van der Waals surface area (Å²) in [5.41, 5.74) is 2.20. The lowest BCUT2D eigenvalue weighted by atomic mass is 10.2. The smallest absolute Gasteiger partial charge is 0.241 e. The molecule has 31 heavy (non-hydrogen) atoms. The normalized spacial score (nSPS) is 12.5. The number of ether oxygens (including phenoxy) is 2. The molecule has 3 aromatic rings. The summed E-state index contributed by atoms with van der Waals surface area (Å²) in [6.07, 6.45) is 5.25. The van der Waals surface area contributed by atoms with E-state index in [0.29, 0.717) is 17.2 Å². The lowest BCUT2D eigenvalue weighted by Crippen LogP contribution is -2.41. The zero-order chi connectivity index (χ0) is 21.8. The molecule has 4 rings (SSSR count). The second-order valence-electron chi connectivity index (χ2n) is 6.86. The van der Waals surface area contributed by atoms with Gasteiger partial charge in [-0.2, -0.15) is 0 Å². The number of carbonyl (C=O) groups is 1. The van der Waals surface area contributed by atoms with E-state index in [1.165, 1.54) is 6.92 Å². The van der Waals surface area contributed by atoms with Crippen LogP contribution in [0.1, 0.15) is 12.5 Å². The van der Waals surface area contributed by atoms with Gasteiger partial charge in [-0.25, -0.2) is 13.4 Å². The highest BCUT2D eigenvalue weighted by Crippen LogP contribution is 2.36. The van der Waals surface area contributed by atoms with Crippen molar-refractivity contribution in [1.29, 1.82) is 0 Å². The van der Waals surface area contributed by atoms with Gasteiger partial charge in [-0.15, -0.1) is 0 Å². The number of hydrogen-bond donors (Lipinski definition) is 1. The van der Waals surface area contributed by atoms with Crippen molar-refractivity contribution >= 4 is 21.6 Å². The third-order valence-corrected chi connectivity index (χ3v) is 6.60. The van der Waals surface area contributed by atoms with Crippen LogP contribution in [0.2, 0.25) is 0 Å². The molecule has 9 nitrogen and oxygen atoms in total. The molecule has 0 unspecified atom stereocenters. The van der Waals surface area contributed by atoms with Crippen LogP contribution in [0.3, 0.4) is 0 Å². The van der Waals surface area contributed by atoms with E-state index in [0.717, 1.165) is 15.6 Å². The summed E-state index contributed by atoms with van der Waals surface area (Å²) in [5.74, 6) is 0.450. The van der Waals surface area contributed by atoms with Crippen molar-refractivity contribution in [2.45, 2.75) is 13.5 Å². The number of imidazole rings is 1. The van der Waals surface area contributed by atoms with Gasteiger partial charge in [0.2, 0.25) is 22.7 Å². The first-order chi connectivity index (χ1) is 15.0. The van der Waals surface area contributed by atoms with Crippen molar-refractivity contribution in [3.8, 4) is 17.2 Å². The Morgan fingerprint density at radius 1 is 1.16 bits per heavy atom. The Labute approximate surface area is 180 Å². The second-order valence-corrected chi connectivity index (χ2v) is 9.04. The fourth-order valence-electron chi connectivity index (χ4n) is 3.13. The third-order valence-electron chi connectivity index (χ3n) is 4.86. The molecule has 0 fully saturated rings. The number of hydrogen-bond acceptors (Lipinski definition) is 6. The van der Waals surface area contributed by atoms with Gasteiger partial charge in [0.15, 0.2) is 11.5 Å². The highest BCUT2D eigenvalue weighted by atomic mass is 32.2. The number of carbonyl (C=O) groups excluding carboxylic acids is 1. The van der Waals surface area contributed by atoms with Crippen molar-refractivity contribution < 1.29 is 22.7 Å². The van der Waals surface area contributed by atoms with Gasteiger partial charge >= 0.3 is 0 Å². The van der Waals surface area contributed by atoms with Gasteiger partial charge in [-0.05, 0) is 36.8 Å². The number of anilines is 1. The van der Waals surface area contributed by atoms with Crippen LogP contribution in [-0.4, -0.2) is 43.0 Å². The Bertz CT molecular complexity index is 1160. The zero-order valence-electron chi connectivity index (χ0n) is 16.9. The van der Waals surface area contributed by atoms with Gasteiger partial charge in [0, 0.05) is 30.7 Å². The highest BCUT2D eigenvalue weighted by Gasteiger charge is 2.25. The molecule has 0 aliphatic carbocycles. The molecular formula is C21H22N4O5S. The number of fused-ring (bicyclic) bond motifs is 1. The summed E-state index contributed by atoms with van der Waals surface area (Å²) < 4.78 is 38.8. The minimum Gasteiger partial charge on any atom is -0.454 e. The van der Waals surface area contributed by atoms with Crippen molar-refractivity contribution in [3.63, 3.8) is 0 Å². The maximum Gasteiger partial charge on any atom is 0.241 e. The van der Waals surface area contributed by atoms with Gasteiger partial charge in [0.25, 0.3) is 0 Å². The van der Waals surface area contributed by atoms with Crippen LogP contribution in [0.15, 0.2) is 61.2 Å². The van der Waals surface area contributed by atoms with Gasteiger partial charge in [0.1, 0.15) is 6.54 Å². The number of benzene rings is 2. The number of nitrogens with zero attached hydrogens (tertiary/aromatic N) is 3. The summed E-state index contributed by atoms with van der Waals surface area (Å²) >= 11 is 0.